The van der Waals surface area contributed by atoms with Gasteiger partial charge in [0, 0.05) is 34.1 Å². The lowest BCUT2D eigenvalue weighted by atomic mass is 9.70. The Bertz CT molecular complexity index is 374. The van der Waals surface area contributed by atoms with E-state index in [1.807, 2.05) is 6.07 Å². The van der Waals surface area contributed by atoms with Gasteiger partial charge in [0.05, 0.1) is 12.2 Å². The lowest BCUT2D eigenvalue weighted by Gasteiger charge is -2.40. The quantitative estimate of drug-likeness (QED) is 0.833. The highest BCUT2D eigenvalue weighted by Crippen LogP contribution is 2.65. The fourth-order valence-electron chi connectivity index (χ4n) is 3.90. The van der Waals surface area contributed by atoms with E-state index in [9.17, 15) is 9.32 Å². The van der Waals surface area contributed by atoms with Crippen LogP contribution in [0.25, 0.3) is 0 Å². The second-order valence-electron chi connectivity index (χ2n) is 6.06. The molecule has 0 aromatic heterocycles. The molecular weight excluding hydrogens is 234 g/mol. The molecule has 1 unspecified atom stereocenters. The third-order valence-corrected chi connectivity index (χ3v) is 6.75. The van der Waals surface area contributed by atoms with Crippen LogP contribution in [0.5, 0.6) is 0 Å². The van der Waals surface area contributed by atoms with Crippen LogP contribution in [0.15, 0.2) is 0 Å². The first-order valence-electron chi connectivity index (χ1n) is 6.34. The number of rotatable bonds is 4. The molecule has 0 radical (unpaired) electrons. The summed E-state index contributed by atoms with van der Waals surface area (Å²) in [6, 6.07) is 2.04. The topological polar surface area (TPSA) is 61.1 Å². The van der Waals surface area contributed by atoms with Gasteiger partial charge in [-0.1, -0.05) is 13.8 Å². The summed E-state index contributed by atoms with van der Waals surface area (Å²) in [7, 11) is -0.972. The van der Waals surface area contributed by atoms with Crippen LogP contribution in [-0.4, -0.2) is 26.9 Å². The molecule has 1 N–H and O–H groups in total. The summed E-state index contributed by atoms with van der Waals surface area (Å²) in [6.45, 7) is 4.42. The van der Waals surface area contributed by atoms with E-state index in [1.165, 1.54) is 0 Å². The second kappa shape index (κ2) is 4.37. The molecule has 2 bridgehead atoms. The van der Waals surface area contributed by atoms with Gasteiger partial charge < -0.3 is 5.11 Å². The Balaban J connectivity index is 2.13. The lowest BCUT2D eigenvalue weighted by molar-refractivity contribution is 0.0160. The highest BCUT2D eigenvalue weighted by Gasteiger charge is 2.63. The molecule has 0 saturated heterocycles. The number of hydrogen-bond donors (Lipinski definition) is 1. The molecule has 0 heterocycles. The number of aliphatic hydroxyl groups is 1. The molecule has 2 aliphatic rings. The third kappa shape index (κ3) is 1.84. The Hall–Kier alpha value is -0.400. The monoisotopic (exact) mass is 255 g/mol. The summed E-state index contributed by atoms with van der Waals surface area (Å²) in [5, 5.41) is 18.8. The predicted octanol–water partition coefficient (Wildman–Crippen LogP) is 1.84. The van der Waals surface area contributed by atoms with Crippen molar-refractivity contribution < 1.29 is 9.32 Å². The van der Waals surface area contributed by atoms with E-state index in [2.05, 4.69) is 13.8 Å². The van der Waals surface area contributed by atoms with Crippen molar-refractivity contribution in [1.29, 1.82) is 5.26 Å². The number of fused-ring (bicyclic) bond motifs is 2. The molecule has 96 valence electrons. The van der Waals surface area contributed by atoms with E-state index in [-0.39, 0.29) is 16.9 Å². The smallest absolute Gasteiger partial charge is 0.0631 e. The van der Waals surface area contributed by atoms with Gasteiger partial charge in [0.1, 0.15) is 0 Å². The molecule has 2 saturated carbocycles. The minimum absolute atomic E-state index is 0.0920. The van der Waals surface area contributed by atoms with Crippen molar-refractivity contribution in [3.8, 4) is 6.07 Å². The number of aliphatic hydroxyl groups excluding tert-OH is 1. The van der Waals surface area contributed by atoms with Gasteiger partial charge in [0.15, 0.2) is 0 Å². The first-order valence-corrected chi connectivity index (χ1v) is 7.83. The van der Waals surface area contributed by atoms with Crippen molar-refractivity contribution in [2.45, 2.75) is 45.6 Å². The average Bonchev–Trinajstić information content (AvgIpc) is 2.60. The zero-order valence-electron chi connectivity index (χ0n) is 10.6. The Morgan fingerprint density at radius 3 is 2.71 bits per heavy atom. The average molecular weight is 255 g/mol. The number of nitriles is 1. The molecule has 2 aliphatic carbocycles. The standard InChI is InChI=1S/C13H21NO2S/c1-12(2)10-4-5-13(12,11(15)8-10)9-17(16)7-3-6-14/h10-11,15H,3-5,7-9H2,1-2H3/t10-,11-,13-,17?/m1/s1. The molecule has 4 heteroatoms. The van der Waals surface area contributed by atoms with E-state index in [0.29, 0.717) is 23.8 Å². The molecular formula is C13H21NO2S. The minimum atomic E-state index is -0.972. The van der Waals surface area contributed by atoms with Crippen LogP contribution in [0.4, 0.5) is 0 Å². The van der Waals surface area contributed by atoms with Crippen molar-refractivity contribution in [2.24, 2.45) is 16.7 Å². The molecule has 0 amide bonds. The summed E-state index contributed by atoms with van der Waals surface area (Å²) in [5.41, 5.74) is -0.0767. The normalized spacial score (nSPS) is 40.1. The van der Waals surface area contributed by atoms with Gasteiger partial charge >= 0.3 is 0 Å². The number of hydrogen-bond acceptors (Lipinski definition) is 3. The molecule has 2 rings (SSSR count). The third-order valence-electron chi connectivity index (χ3n) is 5.25. The summed E-state index contributed by atoms with van der Waals surface area (Å²) >= 11 is 0. The Morgan fingerprint density at radius 1 is 1.53 bits per heavy atom. The first kappa shape index (κ1) is 13.0. The van der Waals surface area contributed by atoms with Gasteiger partial charge in [-0.2, -0.15) is 5.26 Å². The Labute approximate surface area is 106 Å². The van der Waals surface area contributed by atoms with E-state index in [4.69, 9.17) is 5.26 Å². The maximum atomic E-state index is 12.0. The van der Waals surface area contributed by atoms with Crippen LogP contribution in [-0.2, 0) is 10.8 Å². The summed E-state index contributed by atoms with van der Waals surface area (Å²) < 4.78 is 12.0. The molecule has 0 spiro atoms. The zero-order valence-corrected chi connectivity index (χ0v) is 11.4. The van der Waals surface area contributed by atoms with Crippen molar-refractivity contribution in [3.63, 3.8) is 0 Å². The van der Waals surface area contributed by atoms with Crippen LogP contribution in [0.1, 0.15) is 39.5 Å². The van der Waals surface area contributed by atoms with E-state index >= 15 is 0 Å². The molecule has 2 fully saturated rings. The van der Waals surface area contributed by atoms with Crippen molar-refractivity contribution in [1.82, 2.24) is 0 Å². The molecule has 0 aliphatic heterocycles. The number of nitrogens with zero attached hydrogens (tertiary/aromatic N) is 1. The Kier molecular flexibility index (Phi) is 3.35. The predicted molar refractivity (Wildman–Crippen MR) is 67.7 cm³/mol. The van der Waals surface area contributed by atoms with Crippen LogP contribution >= 0.6 is 0 Å². The fraction of sp³-hybridized carbons (Fsp3) is 0.923. The van der Waals surface area contributed by atoms with Gasteiger partial charge in [-0.3, -0.25) is 4.21 Å². The van der Waals surface area contributed by atoms with Gasteiger partial charge in [-0.15, -0.1) is 0 Å². The summed E-state index contributed by atoms with van der Waals surface area (Å²) in [4.78, 5) is 0. The van der Waals surface area contributed by atoms with Crippen LogP contribution in [0, 0.1) is 28.1 Å². The van der Waals surface area contributed by atoms with Crippen LogP contribution in [0.3, 0.4) is 0 Å². The SMILES string of the molecule is CC1(C)[C@@H]2CC[C@@]1(CS(=O)CCC#N)[C@H](O)C2. The highest BCUT2D eigenvalue weighted by atomic mass is 32.2. The highest BCUT2D eigenvalue weighted by molar-refractivity contribution is 7.85. The van der Waals surface area contributed by atoms with Crippen LogP contribution in [0.2, 0.25) is 0 Å². The summed E-state index contributed by atoms with van der Waals surface area (Å²) in [6.07, 6.45) is 3.05. The largest absolute Gasteiger partial charge is 0.392 e. The van der Waals surface area contributed by atoms with E-state index in [1.54, 1.807) is 0 Å². The van der Waals surface area contributed by atoms with Crippen molar-refractivity contribution in [2.75, 3.05) is 11.5 Å². The minimum Gasteiger partial charge on any atom is -0.392 e. The molecule has 0 aromatic carbocycles. The van der Waals surface area contributed by atoms with E-state index in [0.717, 1.165) is 19.3 Å². The molecule has 17 heavy (non-hydrogen) atoms. The molecule has 4 atom stereocenters. The van der Waals surface area contributed by atoms with Gasteiger partial charge in [0.25, 0.3) is 0 Å². The van der Waals surface area contributed by atoms with E-state index < -0.39 is 10.8 Å². The Morgan fingerprint density at radius 2 is 2.24 bits per heavy atom. The van der Waals surface area contributed by atoms with Crippen molar-refractivity contribution in [3.05, 3.63) is 0 Å². The van der Waals surface area contributed by atoms with Crippen molar-refractivity contribution >= 4 is 10.8 Å². The maximum Gasteiger partial charge on any atom is 0.0631 e. The molecule has 0 aromatic rings. The van der Waals surface area contributed by atoms with Gasteiger partial charge in [-0.25, -0.2) is 0 Å². The maximum absolute atomic E-state index is 12.0. The van der Waals surface area contributed by atoms with Gasteiger partial charge in [0.2, 0.25) is 0 Å². The summed E-state index contributed by atoms with van der Waals surface area (Å²) in [5.74, 6) is 1.59. The van der Waals surface area contributed by atoms with Crippen LogP contribution < -0.4 is 0 Å². The molecule has 3 nitrogen and oxygen atoms in total. The first-order chi connectivity index (χ1) is 7.94. The second-order valence-corrected chi connectivity index (χ2v) is 7.64. The zero-order chi connectivity index (χ0) is 12.7. The lowest BCUT2D eigenvalue weighted by Crippen LogP contribution is -2.43. The van der Waals surface area contributed by atoms with Gasteiger partial charge in [-0.05, 0) is 30.6 Å². The fourth-order valence-corrected chi connectivity index (χ4v) is 5.64.